The zero-order chi connectivity index (χ0) is 11.1. The van der Waals surface area contributed by atoms with Gasteiger partial charge in [-0.05, 0) is 27.0 Å². The largest absolute Gasteiger partial charge is 0.464 e. The molecular weight excluding hydrogens is 190 g/mol. The third kappa shape index (κ3) is 3.90. The molecule has 84 valence electrons. The molecule has 0 saturated carbocycles. The van der Waals surface area contributed by atoms with Crippen molar-refractivity contribution < 1.29 is 9.15 Å². The quantitative estimate of drug-likeness (QED) is 0.577. The normalized spacial score (nSPS) is 11.4. The lowest BCUT2D eigenvalue weighted by atomic mass is 10.2. The van der Waals surface area contributed by atoms with Crippen LogP contribution in [0.5, 0.6) is 0 Å². The predicted molar refractivity (Wildman–Crippen MR) is 60.7 cm³/mol. The van der Waals surface area contributed by atoms with Gasteiger partial charge in [0.2, 0.25) is 0 Å². The Labute approximate surface area is 91.1 Å². The highest BCUT2D eigenvalue weighted by atomic mass is 16.5. The Morgan fingerprint density at radius 3 is 3.00 bits per heavy atom. The van der Waals surface area contributed by atoms with Crippen LogP contribution >= 0.6 is 0 Å². The van der Waals surface area contributed by atoms with Crippen molar-refractivity contribution in [2.24, 2.45) is 0 Å². The molecule has 3 nitrogen and oxygen atoms in total. The van der Waals surface area contributed by atoms with Gasteiger partial charge in [-0.15, -0.1) is 0 Å². The summed E-state index contributed by atoms with van der Waals surface area (Å²) < 4.78 is 11.0. The van der Waals surface area contributed by atoms with Crippen LogP contribution < -0.4 is 5.32 Å². The molecule has 0 aliphatic heterocycles. The van der Waals surface area contributed by atoms with Crippen LogP contribution in [0.1, 0.15) is 24.0 Å². The summed E-state index contributed by atoms with van der Waals surface area (Å²) in [4.78, 5) is 0. The van der Waals surface area contributed by atoms with Gasteiger partial charge in [0.15, 0.2) is 0 Å². The van der Waals surface area contributed by atoms with Gasteiger partial charge in [-0.3, -0.25) is 0 Å². The molecule has 1 rings (SSSR count). The summed E-state index contributed by atoms with van der Waals surface area (Å²) in [5.41, 5.74) is 1.20. The fourth-order valence-corrected chi connectivity index (χ4v) is 1.35. The fraction of sp³-hybridized carbons (Fsp3) is 0.500. The number of aryl methyl sites for hydroxylation is 1. The van der Waals surface area contributed by atoms with E-state index in [4.69, 9.17) is 9.15 Å². The first-order valence-electron chi connectivity index (χ1n) is 5.19. The minimum absolute atomic E-state index is 0.537. The number of furan rings is 1. The van der Waals surface area contributed by atoms with Crippen molar-refractivity contribution in [2.75, 3.05) is 13.7 Å². The van der Waals surface area contributed by atoms with Crippen LogP contribution in [0, 0.1) is 6.92 Å². The van der Waals surface area contributed by atoms with E-state index in [-0.39, 0.29) is 0 Å². The van der Waals surface area contributed by atoms with Crippen molar-refractivity contribution in [3.8, 4) is 0 Å². The predicted octanol–water partition coefficient (Wildman–Crippen LogP) is 2.40. The SMILES string of the molecule is CC=CCOCc1cc(CNC)c(C)o1. The van der Waals surface area contributed by atoms with E-state index in [1.54, 1.807) is 0 Å². The van der Waals surface area contributed by atoms with Gasteiger partial charge in [0.25, 0.3) is 0 Å². The van der Waals surface area contributed by atoms with Gasteiger partial charge < -0.3 is 14.5 Å². The van der Waals surface area contributed by atoms with Crippen LogP contribution in [0.4, 0.5) is 0 Å². The lowest BCUT2D eigenvalue weighted by molar-refractivity contribution is 0.130. The smallest absolute Gasteiger partial charge is 0.130 e. The van der Waals surface area contributed by atoms with E-state index in [1.807, 2.05) is 39.1 Å². The van der Waals surface area contributed by atoms with Gasteiger partial charge in [0, 0.05) is 12.1 Å². The first-order valence-corrected chi connectivity index (χ1v) is 5.19. The molecule has 0 atom stereocenters. The van der Waals surface area contributed by atoms with Crippen LogP contribution in [-0.4, -0.2) is 13.7 Å². The second-order valence-corrected chi connectivity index (χ2v) is 3.41. The molecule has 0 spiro atoms. The highest BCUT2D eigenvalue weighted by molar-refractivity contribution is 5.20. The van der Waals surface area contributed by atoms with E-state index in [1.165, 1.54) is 5.56 Å². The molecule has 1 N–H and O–H groups in total. The summed E-state index contributed by atoms with van der Waals surface area (Å²) >= 11 is 0. The Morgan fingerprint density at radius 1 is 1.53 bits per heavy atom. The fourth-order valence-electron chi connectivity index (χ4n) is 1.35. The molecule has 3 heteroatoms. The van der Waals surface area contributed by atoms with Gasteiger partial charge in [0.05, 0.1) is 6.61 Å². The number of allylic oxidation sites excluding steroid dienone is 1. The first kappa shape index (κ1) is 12.0. The number of hydrogen-bond acceptors (Lipinski definition) is 3. The van der Waals surface area contributed by atoms with Crippen molar-refractivity contribution in [1.82, 2.24) is 5.32 Å². The van der Waals surface area contributed by atoms with Gasteiger partial charge in [-0.2, -0.15) is 0 Å². The van der Waals surface area contributed by atoms with E-state index in [2.05, 4.69) is 5.32 Å². The number of hydrogen-bond donors (Lipinski definition) is 1. The van der Waals surface area contributed by atoms with Gasteiger partial charge >= 0.3 is 0 Å². The van der Waals surface area contributed by atoms with E-state index < -0.39 is 0 Å². The van der Waals surface area contributed by atoms with Crippen molar-refractivity contribution in [3.05, 3.63) is 35.3 Å². The topological polar surface area (TPSA) is 34.4 Å². The Morgan fingerprint density at radius 2 is 2.33 bits per heavy atom. The monoisotopic (exact) mass is 209 g/mol. The van der Waals surface area contributed by atoms with Crippen LogP contribution in [0.2, 0.25) is 0 Å². The molecule has 1 aromatic rings. The lowest BCUT2D eigenvalue weighted by Crippen LogP contribution is -2.04. The van der Waals surface area contributed by atoms with Crippen LogP contribution in [0.3, 0.4) is 0 Å². The molecule has 0 bridgehead atoms. The molecule has 0 aliphatic carbocycles. The van der Waals surface area contributed by atoms with E-state index in [9.17, 15) is 0 Å². The zero-order valence-electron chi connectivity index (χ0n) is 9.67. The van der Waals surface area contributed by atoms with Gasteiger partial charge in [-0.1, -0.05) is 12.2 Å². The summed E-state index contributed by atoms with van der Waals surface area (Å²) in [5.74, 6) is 1.86. The van der Waals surface area contributed by atoms with Gasteiger partial charge in [0.1, 0.15) is 18.1 Å². The Balaban J connectivity index is 2.44. The highest BCUT2D eigenvalue weighted by Gasteiger charge is 2.05. The van der Waals surface area contributed by atoms with Crippen LogP contribution in [0.25, 0.3) is 0 Å². The van der Waals surface area contributed by atoms with Crippen LogP contribution in [-0.2, 0) is 17.9 Å². The number of nitrogens with one attached hydrogen (secondary N) is 1. The summed E-state index contributed by atoms with van der Waals surface area (Å²) in [6, 6.07) is 2.04. The first-order chi connectivity index (χ1) is 7.27. The molecule has 0 radical (unpaired) electrons. The molecule has 0 saturated heterocycles. The maximum atomic E-state index is 5.56. The van der Waals surface area contributed by atoms with E-state index >= 15 is 0 Å². The highest BCUT2D eigenvalue weighted by Crippen LogP contribution is 2.15. The van der Waals surface area contributed by atoms with Crippen molar-refractivity contribution in [2.45, 2.75) is 27.0 Å². The third-order valence-electron chi connectivity index (χ3n) is 2.13. The molecule has 0 amide bonds. The molecule has 0 unspecified atom stereocenters. The minimum Gasteiger partial charge on any atom is -0.464 e. The second kappa shape index (κ2) is 6.43. The maximum absolute atomic E-state index is 5.56. The Hall–Kier alpha value is -1.06. The Bertz CT molecular complexity index is 315. The minimum atomic E-state index is 0.537. The second-order valence-electron chi connectivity index (χ2n) is 3.41. The molecule has 0 fully saturated rings. The maximum Gasteiger partial charge on any atom is 0.130 e. The summed E-state index contributed by atoms with van der Waals surface area (Å²) in [6.07, 6.45) is 3.95. The molecular formula is C12H19NO2. The van der Waals surface area contributed by atoms with Crippen molar-refractivity contribution >= 4 is 0 Å². The van der Waals surface area contributed by atoms with Crippen molar-refractivity contribution in [3.63, 3.8) is 0 Å². The summed E-state index contributed by atoms with van der Waals surface area (Å²) in [6.45, 7) is 5.96. The lowest BCUT2D eigenvalue weighted by Gasteiger charge is -1.96. The average Bonchev–Trinajstić information content (AvgIpc) is 2.55. The summed E-state index contributed by atoms with van der Waals surface area (Å²) in [7, 11) is 1.93. The Kier molecular flexibility index (Phi) is 5.15. The molecule has 1 heterocycles. The molecule has 0 aromatic carbocycles. The number of ether oxygens (including phenoxy) is 1. The standard InChI is InChI=1S/C12H19NO2/c1-4-5-6-14-9-12-7-11(8-13-3)10(2)15-12/h4-5,7,13H,6,8-9H2,1-3H3. The molecule has 0 aliphatic rings. The zero-order valence-corrected chi connectivity index (χ0v) is 9.67. The number of rotatable bonds is 6. The van der Waals surface area contributed by atoms with Crippen LogP contribution in [0.15, 0.2) is 22.6 Å². The third-order valence-corrected chi connectivity index (χ3v) is 2.13. The molecule has 1 aromatic heterocycles. The van der Waals surface area contributed by atoms with Crippen molar-refractivity contribution in [1.29, 1.82) is 0 Å². The van der Waals surface area contributed by atoms with E-state index in [0.717, 1.165) is 18.1 Å². The average molecular weight is 209 g/mol. The van der Waals surface area contributed by atoms with Gasteiger partial charge in [-0.25, -0.2) is 0 Å². The summed E-state index contributed by atoms with van der Waals surface area (Å²) in [5, 5.41) is 3.10. The molecule has 15 heavy (non-hydrogen) atoms. The van der Waals surface area contributed by atoms with E-state index in [0.29, 0.717) is 13.2 Å².